The number of rotatable bonds is 2. The number of hydrogen-bond acceptors (Lipinski definition) is 2. The van der Waals surface area contributed by atoms with E-state index in [0.717, 1.165) is 12.8 Å². The number of aryl methyl sites for hydroxylation is 3. The van der Waals surface area contributed by atoms with Gasteiger partial charge in [-0.1, -0.05) is 134 Å². The van der Waals surface area contributed by atoms with Crippen LogP contribution in [0.1, 0.15) is 161 Å². The van der Waals surface area contributed by atoms with Crippen molar-refractivity contribution in [3.05, 3.63) is 123 Å². The second-order valence-corrected chi connectivity index (χ2v) is 23.3. The molecule has 2 heterocycles. The van der Waals surface area contributed by atoms with E-state index in [1.54, 1.807) is 5.56 Å². The average molecular weight is 769 g/mol. The summed E-state index contributed by atoms with van der Waals surface area (Å²) < 4.78 is 0. The van der Waals surface area contributed by atoms with E-state index in [1.807, 2.05) is 0 Å². The van der Waals surface area contributed by atoms with E-state index in [-0.39, 0.29) is 33.8 Å². The molecule has 0 N–H and O–H groups in total. The summed E-state index contributed by atoms with van der Waals surface area (Å²) >= 11 is 0. The zero-order valence-corrected chi connectivity index (χ0v) is 38.8. The van der Waals surface area contributed by atoms with Crippen molar-refractivity contribution in [3.63, 3.8) is 0 Å². The largest absolute Gasteiger partial charge is 0.311 e. The van der Waals surface area contributed by atoms with Crippen molar-refractivity contribution in [1.82, 2.24) is 0 Å². The Morgan fingerprint density at radius 1 is 0.397 bits per heavy atom. The van der Waals surface area contributed by atoms with Crippen LogP contribution < -0.4 is 26.2 Å². The topological polar surface area (TPSA) is 6.48 Å². The quantitative estimate of drug-likeness (QED) is 0.162. The third kappa shape index (κ3) is 7.03. The van der Waals surface area contributed by atoms with Crippen LogP contribution in [0.4, 0.5) is 34.1 Å². The molecule has 302 valence electrons. The maximum atomic E-state index is 2.68. The summed E-state index contributed by atoms with van der Waals surface area (Å²) in [7, 11) is 0. The van der Waals surface area contributed by atoms with Gasteiger partial charge in [0.2, 0.25) is 0 Å². The Bertz CT molecular complexity index is 2380. The number of nitrogens with zero attached hydrogens (tertiary/aromatic N) is 2. The molecular weight excluding hydrogens is 699 g/mol. The van der Waals surface area contributed by atoms with Crippen LogP contribution in [0.2, 0.25) is 0 Å². The van der Waals surface area contributed by atoms with Crippen molar-refractivity contribution in [1.29, 1.82) is 0 Å². The molecule has 2 aliphatic heterocycles. The van der Waals surface area contributed by atoms with Gasteiger partial charge in [0, 0.05) is 34.1 Å². The van der Waals surface area contributed by atoms with E-state index >= 15 is 0 Å². The zero-order chi connectivity index (χ0) is 42.1. The molecule has 0 radical (unpaired) electrons. The van der Waals surface area contributed by atoms with Crippen molar-refractivity contribution in [2.45, 2.75) is 164 Å². The van der Waals surface area contributed by atoms with E-state index < -0.39 is 0 Å². The normalized spacial score (nSPS) is 15.6. The first-order chi connectivity index (χ1) is 26.8. The van der Waals surface area contributed by atoms with Gasteiger partial charge >= 0.3 is 0 Å². The fourth-order valence-corrected chi connectivity index (χ4v) is 9.60. The lowest BCUT2D eigenvalue weighted by Crippen LogP contribution is -2.61. The van der Waals surface area contributed by atoms with Crippen LogP contribution >= 0.6 is 0 Å². The minimum Gasteiger partial charge on any atom is -0.311 e. The summed E-state index contributed by atoms with van der Waals surface area (Å²) in [6, 6.07) is 32.6. The number of anilines is 6. The van der Waals surface area contributed by atoms with Gasteiger partial charge in [-0.15, -0.1) is 0 Å². The molecule has 0 saturated heterocycles. The Morgan fingerprint density at radius 3 is 1.22 bits per heavy atom. The van der Waals surface area contributed by atoms with Gasteiger partial charge in [0.25, 0.3) is 6.71 Å². The third-order valence-corrected chi connectivity index (χ3v) is 13.4. The van der Waals surface area contributed by atoms with Crippen LogP contribution in [-0.4, -0.2) is 6.71 Å². The second kappa shape index (κ2) is 13.4. The molecule has 5 aromatic carbocycles. The Labute approximate surface area is 352 Å². The van der Waals surface area contributed by atoms with E-state index in [2.05, 4.69) is 199 Å². The molecule has 5 aromatic rings. The van der Waals surface area contributed by atoms with Crippen molar-refractivity contribution in [2.75, 3.05) is 9.80 Å². The lowest BCUT2D eigenvalue weighted by atomic mass is 9.33. The molecule has 3 aliphatic rings. The molecule has 0 atom stereocenters. The third-order valence-electron chi connectivity index (χ3n) is 13.4. The SMILES string of the molecule is Cc1cc2c3c(c1)N(c1cc(C(C)(C)C)cc(C(C)(C)C)c1)c1cc4c(cc1B3c1cc(C(C)(C)C)ccc1N2c1cc(C(C)(C)C)cc(C(C)(C)C)c1)CCCC4. The van der Waals surface area contributed by atoms with Crippen molar-refractivity contribution < 1.29 is 0 Å². The Morgan fingerprint density at radius 2 is 0.793 bits per heavy atom. The summed E-state index contributed by atoms with van der Waals surface area (Å²) in [6.07, 6.45) is 4.84. The molecule has 8 rings (SSSR count). The molecule has 0 spiro atoms. The van der Waals surface area contributed by atoms with Crippen LogP contribution in [0, 0.1) is 6.92 Å². The number of hydrogen-bond donors (Lipinski definition) is 0. The maximum Gasteiger partial charge on any atom is 0.252 e. The van der Waals surface area contributed by atoms with E-state index in [1.165, 1.54) is 102 Å². The highest BCUT2D eigenvalue weighted by molar-refractivity contribution is 7.00. The second-order valence-electron chi connectivity index (χ2n) is 23.3. The smallest absolute Gasteiger partial charge is 0.252 e. The summed E-state index contributed by atoms with van der Waals surface area (Å²) in [5.41, 5.74) is 23.3. The fraction of sp³-hybridized carbons (Fsp3) is 0.455. The van der Waals surface area contributed by atoms with Gasteiger partial charge in [-0.05, 0) is 169 Å². The molecule has 0 fully saturated rings. The molecule has 2 nitrogen and oxygen atoms in total. The van der Waals surface area contributed by atoms with Crippen LogP contribution in [0.3, 0.4) is 0 Å². The van der Waals surface area contributed by atoms with Crippen LogP contribution in [0.5, 0.6) is 0 Å². The Kier molecular flexibility index (Phi) is 9.36. The molecule has 0 saturated carbocycles. The predicted octanol–water partition coefficient (Wildman–Crippen LogP) is 13.4. The van der Waals surface area contributed by atoms with Gasteiger partial charge in [0.05, 0.1) is 0 Å². The summed E-state index contributed by atoms with van der Waals surface area (Å²) in [6.45, 7) is 37.8. The first-order valence-electron chi connectivity index (χ1n) is 22.2. The molecule has 58 heavy (non-hydrogen) atoms. The first-order valence-corrected chi connectivity index (χ1v) is 22.2. The lowest BCUT2D eigenvalue weighted by Gasteiger charge is -2.46. The minimum absolute atomic E-state index is 0.000968. The van der Waals surface area contributed by atoms with Crippen LogP contribution in [-0.2, 0) is 39.9 Å². The van der Waals surface area contributed by atoms with Gasteiger partial charge in [0.1, 0.15) is 0 Å². The molecule has 0 aromatic heterocycles. The lowest BCUT2D eigenvalue weighted by molar-refractivity contribution is 0.568. The highest BCUT2D eigenvalue weighted by Gasteiger charge is 2.45. The van der Waals surface area contributed by atoms with Gasteiger partial charge in [-0.25, -0.2) is 0 Å². The van der Waals surface area contributed by atoms with Crippen molar-refractivity contribution >= 4 is 57.2 Å². The highest BCUT2D eigenvalue weighted by atomic mass is 15.2. The molecule has 1 aliphatic carbocycles. The van der Waals surface area contributed by atoms with E-state index in [4.69, 9.17) is 0 Å². The van der Waals surface area contributed by atoms with Crippen molar-refractivity contribution in [3.8, 4) is 0 Å². The number of benzene rings is 5. The summed E-state index contributed by atoms with van der Waals surface area (Å²) in [5, 5.41) is 0. The molecular formula is C55H69BN2. The Hall–Kier alpha value is -4.24. The highest BCUT2D eigenvalue weighted by Crippen LogP contribution is 2.48. The van der Waals surface area contributed by atoms with E-state index in [0.29, 0.717) is 0 Å². The van der Waals surface area contributed by atoms with Gasteiger partial charge in [0.15, 0.2) is 0 Å². The summed E-state index contributed by atoms with van der Waals surface area (Å²) in [5.74, 6) is 0. The predicted molar refractivity (Wildman–Crippen MR) is 255 cm³/mol. The zero-order valence-electron chi connectivity index (χ0n) is 38.8. The molecule has 3 heteroatoms. The van der Waals surface area contributed by atoms with Crippen LogP contribution in [0.25, 0.3) is 0 Å². The molecule has 0 unspecified atom stereocenters. The molecule has 0 bridgehead atoms. The van der Waals surface area contributed by atoms with Gasteiger partial charge < -0.3 is 9.80 Å². The molecule has 0 amide bonds. The Balaban J connectivity index is 1.52. The first kappa shape index (κ1) is 40.5. The van der Waals surface area contributed by atoms with Gasteiger partial charge in [-0.2, -0.15) is 0 Å². The van der Waals surface area contributed by atoms with Crippen LogP contribution in [0.15, 0.2) is 78.9 Å². The minimum atomic E-state index is -0.00302. The fourth-order valence-electron chi connectivity index (χ4n) is 9.60. The summed E-state index contributed by atoms with van der Waals surface area (Å²) in [4.78, 5) is 5.32. The van der Waals surface area contributed by atoms with Crippen molar-refractivity contribution in [2.24, 2.45) is 0 Å². The van der Waals surface area contributed by atoms with Gasteiger partial charge in [-0.3, -0.25) is 0 Å². The van der Waals surface area contributed by atoms with E-state index in [9.17, 15) is 0 Å². The number of fused-ring (bicyclic) bond motifs is 5. The average Bonchev–Trinajstić information content (AvgIpc) is 3.11. The maximum absolute atomic E-state index is 2.68. The monoisotopic (exact) mass is 769 g/mol. The standard InChI is InChI=1S/C55H69BN2/c1-34-23-48-50-49(24-34)58(43-31-40(54(11,12)13)28-41(32-43)55(14,15)16)47-26-36-20-18-17-19-35(36)25-44(47)56(50)45-33-37(51(2,3)4)21-22-46(45)57(48)42-29-38(52(5,6)7)27-39(30-42)53(8,9)10/h21-33H,17-20H2,1-16H3.